The Hall–Kier alpha value is -2.65. The van der Waals surface area contributed by atoms with Gasteiger partial charge in [-0.05, 0) is 36.4 Å². The maximum Gasteiger partial charge on any atom is 0.291 e. The molecule has 3 aromatic rings. The van der Waals surface area contributed by atoms with Gasteiger partial charge < -0.3 is 14.5 Å². The van der Waals surface area contributed by atoms with E-state index in [2.05, 4.69) is 5.32 Å². The smallest absolute Gasteiger partial charge is 0.291 e. The standard InChI is InChI=1S/C19H11Cl3N2O3/c20-12-7-14(21)18(15(22)8-12)26-10-13-5-6-17(27-13)19(25)24-16-4-2-1-3-11(16)9-23/h1-8H,10H2,(H,24,25). The largest absolute Gasteiger partial charge is 0.483 e. The van der Waals surface area contributed by atoms with Crippen molar-refractivity contribution in [2.45, 2.75) is 6.61 Å². The molecule has 0 saturated heterocycles. The summed E-state index contributed by atoms with van der Waals surface area (Å²) in [5.41, 5.74) is 0.756. The van der Waals surface area contributed by atoms with Crippen LogP contribution in [0, 0.1) is 11.3 Å². The summed E-state index contributed by atoms with van der Waals surface area (Å²) in [6.07, 6.45) is 0. The van der Waals surface area contributed by atoms with E-state index in [4.69, 9.17) is 49.2 Å². The molecule has 1 heterocycles. The fourth-order valence-corrected chi connectivity index (χ4v) is 3.19. The number of carbonyl (C=O) groups excluding carboxylic acids is 1. The molecule has 8 heteroatoms. The normalized spacial score (nSPS) is 10.3. The third kappa shape index (κ3) is 4.55. The first-order valence-electron chi connectivity index (χ1n) is 7.64. The van der Waals surface area contributed by atoms with Gasteiger partial charge in [0.25, 0.3) is 5.91 Å². The highest BCUT2D eigenvalue weighted by Crippen LogP contribution is 2.36. The number of hydrogen-bond donors (Lipinski definition) is 1. The van der Waals surface area contributed by atoms with Gasteiger partial charge in [0.05, 0.1) is 21.3 Å². The average Bonchev–Trinajstić information content (AvgIpc) is 3.10. The first kappa shape index (κ1) is 19.1. The van der Waals surface area contributed by atoms with E-state index in [9.17, 15) is 4.79 Å². The number of ether oxygens (including phenoxy) is 1. The molecule has 5 nitrogen and oxygen atoms in total. The molecule has 136 valence electrons. The third-order valence-corrected chi connectivity index (χ3v) is 4.28. The number of anilines is 1. The van der Waals surface area contributed by atoms with Crippen LogP contribution in [0.2, 0.25) is 15.1 Å². The maximum absolute atomic E-state index is 12.3. The number of para-hydroxylation sites is 1. The topological polar surface area (TPSA) is 75.3 Å². The minimum atomic E-state index is -0.480. The zero-order valence-electron chi connectivity index (χ0n) is 13.6. The minimum absolute atomic E-state index is 0.0170. The van der Waals surface area contributed by atoms with Gasteiger partial charge in [0, 0.05) is 5.02 Å². The molecule has 0 radical (unpaired) electrons. The van der Waals surface area contributed by atoms with E-state index in [0.29, 0.717) is 22.0 Å². The fraction of sp³-hybridized carbons (Fsp3) is 0.0526. The highest BCUT2D eigenvalue weighted by molar-refractivity contribution is 6.40. The number of furan rings is 1. The van der Waals surface area contributed by atoms with E-state index in [1.54, 1.807) is 30.3 Å². The number of nitrogens with one attached hydrogen (secondary N) is 1. The van der Waals surface area contributed by atoms with Crippen LogP contribution in [-0.2, 0) is 6.61 Å². The van der Waals surface area contributed by atoms with Crippen LogP contribution < -0.4 is 10.1 Å². The van der Waals surface area contributed by atoms with Gasteiger partial charge in [-0.15, -0.1) is 0 Å². The number of benzene rings is 2. The van der Waals surface area contributed by atoms with Gasteiger partial charge >= 0.3 is 0 Å². The van der Waals surface area contributed by atoms with Crippen molar-refractivity contribution in [1.82, 2.24) is 0 Å². The van der Waals surface area contributed by atoms with E-state index in [1.807, 2.05) is 6.07 Å². The summed E-state index contributed by atoms with van der Waals surface area (Å²) in [6.45, 7) is 0.0170. The lowest BCUT2D eigenvalue weighted by Crippen LogP contribution is -2.11. The Morgan fingerprint density at radius 2 is 1.81 bits per heavy atom. The molecule has 0 unspecified atom stereocenters. The van der Waals surface area contributed by atoms with Crippen molar-refractivity contribution in [3.05, 3.63) is 80.7 Å². The van der Waals surface area contributed by atoms with Crippen LogP contribution in [0.4, 0.5) is 5.69 Å². The summed E-state index contributed by atoms with van der Waals surface area (Å²) >= 11 is 18.0. The van der Waals surface area contributed by atoms with Gasteiger partial charge in [-0.3, -0.25) is 4.79 Å². The molecule has 2 aromatic carbocycles. The molecule has 3 rings (SSSR count). The molecule has 0 aliphatic carbocycles. The molecule has 1 N–H and O–H groups in total. The second kappa shape index (κ2) is 8.36. The van der Waals surface area contributed by atoms with Crippen molar-refractivity contribution in [3.8, 4) is 11.8 Å². The number of hydrogen-bond acceptors (Lipinski definition) is 4. The molecule has 1 aromatic heterocycles. The molecule has 0 bridgehead atoms. The summed E-state index contributed by atoms with van der Waals surface area (Å²) < 4.78 is 11.0. The Labute approximate surface area is 170 Å². The van der Waals surface area contributed by atoms with E-state index >= 15 is 0 Å². The Kier molecular flexibility index (Phi) is 5.92. The first-order valence-corrected chi connectivity index (χ1v) is 8.78. The predicted octanol–water partition coefficient (Wildman–Crippen LogP) is 5.94. The van der Waals surface area contributed by atoms with Crippen LogP contribution in [0.3, 0.4) is 0 Å². The predicted molar refractivity (Wildman–Crippen MR) is 104 cm³/mol. The van der Waals surface area contributed by atoms with Gasteiger partial charge in [-0.2, -0.15) is 5.26 Å². The average molecular weight is 422 g/mol. The molecular formula is C19H11Cl3N2O3. The van der Waals surface area contributed by atoms with Crippen LogP contribution in [0.15, 0.2) is 52.9 Å². The highest BCUT2D eigenvalue weighted by atomic mass is 35.5. The van der Waals surface area contributed by atoms with Crippen LogP contribution >= 0.6 is 34.8 Å². The Bertz CT molecular complexity index is 1020. The van der Waals surface area contributed by atoms with Crippen molar-refractivity contribution < 1.29 is 13.9 Å². The SMILES string of the molecule is N#Cc1ccccc1NC(=O)c1ccc(COc2c(Cl)cc(Cl)cc2Cl)o1. The molecule has 0 aliphatic rings. The number of nitrogens with zero attached hydrogens (tertiary/aromatic N) is 1. The van der Waals surface area contributed by atoms with Crippen molar-refractivity contribution in [1.29, 1.82) is 5.26 Å². The van der Waals surface area contributed by atoms with E-state index in [1.165, 1.54) is 18.2 Å². The van der Waals surface area contributed by atoms with Crippen molar-refractivity contribution in [2.75, 3.05) is 5.32 Å². The first-order chi connectivity index (χ1) is 13.0. The lowest BCUT2D eigenvalue weighted by atomic mass is 10.2. The van der Waals surface area contributed by atoms with Crippen LogP contribution in [0.5, 0.6) is 5.75 Å². The van der Waals surface area contributed by atoms with Crippen LogP contribution in [-0.4, -0.2) is 5.91 Å². The van der Waals surface area contributed by atoms with Crippen molar-refractivity contribution in [3.63, 3.8) is 0 Å². The molecule has 27 heavy (non-hydrogen) atoms. The summed E-state index contributed by atoms with van der Waals surface area (Å²) in [7, 11) is 0. The van der Waals surface area contributed by atoms with E-state index < -0.39 is 5.91 Å². The number of rotatable bonds is 5. The van der Waals surface area contributed by atoms with Crippen LogP contribution in [0.1, 0.15) is 21.9 Å². The second-order valence-corrected chi connectivity index (χ2v) is 6.62. The highest BCUT2D eigenvalue weighted by Gasteiger charge is 2.15. The number of nitriles is 1. The molecule has 0 aliphatic heterocycles. The minimum Gasteiger partial charge on any atom is -0.483 e. The molecular weight excluding hydrogens is 411 g/mol. The molecule has 0 fully saturated rings. The number of amides is 1. The monoisotopic (exact) mass is 420 g/mol. The van der Waals surface area contributed by atoms with Crippen LogP contribution in [0.25, 0.3) is 0 Å². The Morgan fingerprint density at radius 3 is 2.52 bits per heavy atom. The lowest BCUT2D eigenvalue weighted by Gasteiger charge is -2.09. The summed E-state index contributed by atoms with van der Waals surface area (Å²) in [5.74, 6) is 0.269. The Morgan fingerprint density at radius 1 is 1.11 bits per heavy atom. The summed E-state index contributed by atoms with van der Waals surface area (Å²) in [6, 6.07) is 14.8. The maximum atomic E-state index is 12.3. The van der Waals surface area contributed by atoms with E-state index in [-0.39, 0.29) is 28.2 Å². The van der Waals surface area contributed by atoms with Gasteiger partial charge in [-0.1, -0.05) is 46.9 Å². The molecule has 0 spiro atoms. The second-order valence-electron chi connectivity index (χ2n) is 5.36. The quantitative estimate of drug-likeness (QED) is 0.553. The zero-order valence-corrected chi connectivity index (χ0v) is 15.9. The van der Waals surface area contributed by atoms with Crippen molar-refractivity contribution in [2.24, 2.45) is 0 Å². The number of halogens is 3. The van der Waals surface area contributed by atoms with Gasteiger partial charge in [0.1, 0.15) is 18.4 Å². The van der Waals surface area contributed by atoms with E-state index in [0.717, 1.165) is 0 Å². The lowest BCUT2D eigenvalue weighted by molar-refractivity contribution is 0.0992. The fourth-order valence-electron chi connectivity index (χ4n) is 2.26. The zero-order chi connectivity index (χ0) is 19.4. The summed E-state index contributed by atoms with van der Waals surface area (Å²) in [4.78, 5) is 12.3. The Balaban J connectivity index is 1.68. The van der Waals surface area contributed by atoms with Gasteiger partial charge in [-0.25, -0.2) is 0 Å². The van der Waals surface area contributed by atoms with Crippen molar-refractivity contribution >= 4 is 46.4 Å². The third-order valence-electron chi connectivity index (χ3n) is 3.50. The number of carbonyl (C=O) groups is 1. The molecule has 0 atom stereocenters. The molecule has 1 amide bonds. The summed E-state index contributed by atoms with van der Waals surface area (Å²) in [5, 5.41) is 12.6. The molecule has 0 saturated carbocycles. The van der Waals surface area contributed by atoms with Gasteiger partial charge in [0.2, 0.25) is 0 Å². The van der Waals surface area contributed by atoms with Gasteiger partial charge in [0.15, 0.2) is 11.5 Å².